The second-order valence-corrected chi connectivity index (χ2v) is 18.1. The smallest absolute Gasteiger partial charge is 0.232 e. The Kier molecular flexibility index (Phi) is 7.06. The fourth-order valence-corrected chi connectivity index (χ4v) is 12.0. The Morgan fingerprint density at radius 2 is 0.714 bits per heavy atom. The van der Waals surface area contributed by atoms with Gasteiger partial charge in [-0.05, 0) is 78.9 Å². The summed E-state index contributed by atoms with van der Waals surface area (Å²) in [5, 5.41) is 23.9. The molecule has 0 saturated carbocycles. The monoisotopic (exact) mass is 893 g/mol. The lowest BCUT2D eigenvalue weighted by atomic mass is 10.0. The molecule has 0 aliphatic carbocycles. The Bertz CT molecular complexity index is 5110. The van der Waals surface area contributed by atoms with Crippen molar-refractivity contribution in [3.05, 3.63) is 205 Å². The van der Waals surface area contributed by atoms with Gasteiger partial charge in [0.05, 0.1) is 68.4 Å². The third-order valence-corrected chi connectivity index (χ3v) is 14.7. The molecule has 322 valence electrons. The van der Waals surface area contributed by atoms with Gasteiger partial charge in [0, 0.05) is 64.6 Å². The Hall–Kier alpha value is -10.0. The highest BCUT2D eigenvalue weighted by Gasteiger charge is 2.30. The van der Waals surface area contributed by atoms with Gasteiger partial charge in [0.1, 0.15) is 33.5 Å². The molecule has 0 atom stereocenters. The van der Waals surface area contributed by atoms with E-state index in [4.69, 9.17) is 13.3 Å². The first-order chi connectivity index (χ1) is 34.7. The molecular formula is C62H31N5O3. The van der Waals surface area contributed by atoms with Gasteiger partial charge >= 0.3 is 0 Å². The van der Waals surface area contributed by atoms with Crippen molar-refractivity contribution in [2.45, 2.75) is 0 Å². The van der Waals surface area contributed by atoms with E-state index in [0.717, 1.165) is 137 Å². The summed E-state index contributed by atoms with van der Waals surface area (Å²) >= 11 is 0. The molecule has 0 aliphatic rings. The van der Waals surface area contributed by atoms with Gasteiger partial charge in [-0.3, -0.25) is 0 Å². The van der Waals surface area contributed by atoms with Crippen LogP contribution in [-0.4, -0.2) is 13.7 Å². The van der Waals surface area contributed by atoms with E-state index in [2.05, 4.69) is 140 Å². The van der Waals surface area contributed by atoms with Crippen LogP contribution in [0.15, 0.2) is 201 Å². The largest absolute Gasteiger partial charge is 0.456 e. The molecule has 0 saturated heterocycles. The Morgan fingerprint density at radius 3 is 1.13 bits per heavy atom. The number of rotatable bonds is 3. The van der Waals surface area contributed by atoms with E-state index >= 15 is 0 Å². The van der Waals surface area contributed by atoms with E-state index in [-0.39, 0.29) is 11.3 Å². The zero-order valence-corrected chi connectivity index (χ0v) is 36.9. The molecule has 6 aromatic heterocycles. The van der Waals surface area contributed by atoms with Gasteiger partial charge < -0.3 is 27.0 Å². The van der Waals surface area contributed by atoms with Crippen molar-refractivity contribution >= 4 is 137 Å². The zero-order valence-electron chi connectivity index (χ0n) is 36.9. The van der Waals surface area contributed by atoms with Crippen LogP contribution in [0, 0.1) is 17.9 Å². The Balaban J connectivity index is 1.14. The number of hydrogen-bond donors (Lipinski definition) is 0. The lowest BCUT2D eigenvalue weighted by molar-refractivity contribution is 0.669. The fraction of sp³-hybridized carbons (Fsp3) is 0. The van der Waals surface area contributed by atoms with Gasteiger partial charge in [-0.1, -0.05) is 109 Å². The van der Waals surface area contributed by atoms with Crippen molar-refractivity contribution in [2.24, 2.45) is 0 Å². The summed E-state index contributed by atoms with van der Waals surface area (Å²) in [6.07, 6.45) is 0. The predicted molar refractivity (Wildman–Crippen MR) is 282 cm³/mol. The molecule has 0 bridgehead atoms. The Labute approximate surface area is 395 Å². The first kappa shape index (κ1) is 37.1. The molecule has 0 aliphatic heterocycles. The summed E-state index contributed by atoms with van der Waals surface area (Å²) in [4.78, 5) is 4.47. The summed E-state index contributed by atoms with van der Waals surface area (Å²) < 4.78 is 26.2. The van der Waals surface area contributed by atoms with E-state index < -0.39 is 0 Å². The lowest BCUT2D eigenvalue weighted by Gasteiger charge is -2.22. The number of nitriles is 1. The molecule has 0 radical (unpaired) electrons. The maximum atomic E-state index is 11.7. The number of furan rings is 3. The minimum atomic E-state index is 0.233. The maximum Gasteiger partial charge on any atom is 0.232 e. The molecular weight excluding hydrogens is 863 g/mol. The average Bonchev–Trinajstić information content (AvgIpc) is 4.26. The quantitative estimate of drug-likeness (QED) is 0.165. The molecule has 70 heavy (non-hydrogen) atoms. The van der Waals surface area contributed by atoms with Crippen LogP contribution >= 0.6 is 0 Å². The second-order valence-electron chi connectivity index (χ2n) is 18.1. The molecule has 10 aromatic carbocycles. The van der Waals surface area contributed by atoms with E-state index in [1.807, 2.05) is 72.8 Å². The van der Waals surface area contributed by atoms with Crippen molar-refractivity contribution in [3.8, 4) is 23.1 Å². The van der Waals surface area contributed by atoms with Crippen molar-refractivity contribution in [1.29, 1.82) is 5.26 Å². The van der Waals surface area contributed by atoms with Crippen molar-refractivity contribution < 1.29 is 13.3 Å². The maximum absolute atomic E-state index is 11.7. The van der Waals surface area contributed by atoms with Crippen LogP contribution in [0.4, 0.5) is 5.69 Å². The highest BCUT2D eigenvalue weighted by Crippen LogP contribution is 2.50. The average molecular weight is 894 g/mol. The van der Waals surface area contributed by atoms with E-state index in [1.165, 1.54) is 0 Å². The molecule has 16 rings (SSSR count). The number of aromatic nitrogens is 3. The summed E-state index contributed by atoms with van der Waals surface area (Å²) in [6.45, 7) is 9.31. The van der Waals surface area contributed by atoms with Crippen LogP contribution in [-0.2, 0) is 0 Å². The van der Waals surface area contributed by atoms with Gasteiger partial charge in [-0.25, -0.2) is 4.85 Å². The van der Waals surface area contributed by atoms with Crippen LogP contribution in [0.1, 0.15) is 5.56 Å². The highest BCUT2D eigenvalue weighted by molar-refractivity contribution is 6.30. The summed E-state index contributed by atoms with van der Waals surface area (Å²) in [6, 6.07) is 66.8. The third kappa shape index (κ3) is 4.57. The lowest BCUT2D eigenvalue weighted by Crippen LogP contribution is -2.08. The van der Waals surface area contributed by atoms with Crippen molar-refractivity contribution in [1.82, 2.24) is 13.7 Å². The molecule has 8 nitrogen and oxygen atoms in total. The van der Waals surface area contributed by atoms with Gasteiger partial charge in [0.2, 0.25) is 5.69 Å². The number of nitrogens with zero attached hydrogens (tertiary/aromatic N) is 5. The van der Waals surface area contributed by atoms with Gasteiger partial charge in [0.15, 0.2) is 0 Å². The predicted octanol–water partition coefficient (Wildman–Crippen LogP) is 17.1. The number of hydrogen-bond acceptors (Lipinski definition) is 4. The van der Waals surface area contributed by atoms with Crippen LogP contribution in [0.25, 0.3) is 153 Å². The van der Waals surface area contributed by atoms with Crippen LogP contribution < -0.4 is 0 Å². The second kappa shape index (κ2) is 13.3. The SMILES string of the molecule is [C-]#[N+]c1c(C#N)c(-n2c3ccccc3c3c4c(ccc32)oc2ccccc24)cc(-n2c3ccccc3c3c4c(ccc32)oc2ccccc24)c1-n1c2ccccc2c2c3c(ccc21)oc1ccccc13. The summed E-state index contributed by atoms with van der Waals surface area (Å²) in [7, 11) is 0. The van der Waals surface area contributed by atoms with Gasteiger partial charge in [-0.15, -0.1) is 0 Å². The molecule has 8 heteroatoms. The van der Waals surface area contributed by atoms with Gasteiger partial charge in [-0.2, -0.15) is 5.26 Å². The standard InChI is InChI=1S/C62H31N5O3/c1-64-61-40(33-63)47(65-41-20-8-2-14-34(41)55-44(65)26-29-52-58(55)37-17-5-11-23-49(37)68-52)32-48(66-42-21-9-3-15-35(42)56-45(66)27-30-53-59(56)38-18-6-12-24-50(38)69-53)62(61)67-43-22-10-4-16-36(43)57-46(67)28-31-54-60(57)39-19-7-13-25-51(39)70-54/h2-32H. The van der Waals surface area contributed by atoms with Crippen molar-refractivity contribution in [2.75, 3.05) is 0 Å². The minimum absolute atomic E-state index is 0.233. The van der Waals surface area contributed by atoms with Gasteiger partial charge in [0.25, 0.3) is 0 Å². The summed E-state index contributed by atoms with van der Waals surface area (Å²) in [5.41, 5.74) is 12.7. The molecule has 16 aromatic rings. The first-order valence-corrected chi connectivity index (χ1v) is 23.2. The zero-order chi connectivity index (χ0) is 45.9. The topological polar surface area (TPSA) is 82.4 Å². The van der Waals surface area contributed by atoms with E-state index in [0.29, 0.717) is 11.4 Å². The summed E-state index contributed by atoms with van der Waals surface area (Å²) in [5.74, 6) is 0. The molecule has 0 amide bonds. The van der Waals surface area contributed by atoms with Crippen LogP contribution in [0.3, 0.4) is 0 Å². The number of para-hydroxylation sites is 6. The van der Waals surface area contributed by atoms with Crippen molar-refractivity contribution in [3.63, 3.8) is 0 Å². The third-order valence-electron chi connectivity index (χ3n) is 14.7. The minimum Gasteiger partial charge on any atom is -0.456 e. The fourth-order valence-electron chi connectivity index (χ4n) is 12.0. The van der Waals surface area contributed by atoms with Crippen LogP contribution in [0.5, 0.6) is 0 Å². The normalized spacial score (nSPS) is 12.3. The molecule has 6 heterocycles. The first-order valence-electron chi connectivity index (χ1n) is 23.2. The molecule has 0 fully saturated rings. The van der Waals surface area contributed by atoms with E-state index in [1.54, 1.807) is 0 Å². The van der Waals surface area contributed by atoms with E-state index in [9.17, 15) is 11.8 Å². The number of fused-ring (bicyclic) bond motifs is 21. The van der Waals surface area contributed by atoms with Crippen LogP contribution in [0.2, 0.25) is 0 Å². The highest BCUT2D eigenvalue weighted by atomic mass is 16.3. The molecule has 0 spiro atoms. The Morgan fingerprint density at radius 1 is 0.357 bits per heavy atom. The molecule has 0 unspecified atom stereocenters. The molecule has 0 N–H and O–H groups in total. The number of benzene rings is 10.